The summed E-state index contributed by atoms with van der Waals surface area (Å²) in [5.74, 6) is -0.780. The number of thiocarbonyl (C=S) groups is 1. The van der Waals surface area contributed by atoms with Gasteiger partial charge in [-0.05, 0) is 52.3 Å². The lowest BCUT2D eigenvalue weighted by molar-refractivity contribution is 0.627. The van der Waals surface area contributed by atoms with Gasteiger partial charge >= 0.3 is 0 Å². The van der Waals surface area contributed by atoms with Gasteiger partial charge in [-0.15, -0.1) is 0 Å². The molecule has 0 spiro atoms. The van der Waals surface area contributed by atoms with Crippen LogP contribution in [-0.4, -0.2) is 4.99 Å². The van der Waals surface area contributed by atoms with E-state index in [0.29, 0.717) is 21.4 Å². The van der Waals surface area contributed by atoms with Crippen molar-refractivity contribution in [1.29, 1.82) is 0 Å². The molecular formula is C13H9BrF2N2S. The SMILES string of the molecule is NC(=S)c1cc(F)ccc1Nc1ccc(F)cc1Br. The third kappa shape index (κ3) is 3.27. The molecule has 19 heavy (non-hydrogen) atoms. The molecule has 98 valence electrons. The Balaban J connectivity index is 2.40. The second kappa shape index (κ2) is 5.63. The molecule has 2 nitrogen and oxygen atoms in total. The molecule has 2 rings (SSSR count). The summed E-state index contributed by atoms with van der Waals surface area (Å²) >= 11 is 8.12. The van der Waals surface area contributed by atoms with Gasteiger partial charge in [0.05, 0.1) is 5.69 Å². The molecule has 0 unspecified atom stereocenters. The van der Waals surface area contributed by atoms with E-state index in [9.17, 15) is 8.78 Å². The first-order valence-corrected chi connectivity index (χ1v) is 6.49. The Hall–Kier alpha value is -1.53. The quantitative estimate of drug-likeness (QED) is 0.824. The number of hydrogen-bond acceptors (Lipinski definition) is 2. The van der Waals surface area contributed by atoms with Gasteiger partial charge in [0.15, 0.2) is 0 Å². The van der Waals surface area contributed by atoms with Crippen LogP contribution in [0.2, 0.25) is 0 Å². The van der Waals surface area contributed by atoms with Gasteiger partial charge in [0, 0.05) is 15.7 Å². The summed E-state index contributed by atoms with van der Waals surface area (Å²) in [5, 5.41) is 3.03. The molecular weight excluding hydrogens is 334 g/mol. The predicted octanol–water partition coefficient (Wildman–Crippen LogP) is 4.11. The fraction of sp³-hybridized carbons (Fsp3) is 0. The molecule has 0 aromatic heterocycles. The fourth-order valence-corrected chi connectivity index (χ4v) is 2.18. The van der Waals surface area contributed by atoms with Crippen molar-refractivity contribution < 1.29 is 8.78 Å². The van der Waals surface area contributed by atoms with Crippen molar-refractivity contribution in [2.24, 2.45) is 5.73 Å². The normalized spacial score (nSPS) is 10.3. The van der Waals surface area contributed by atoms with Gasteiger partial charge in [-0.1, -0.05) is 12.2 Å². The first-order valence-electron chi connectivity index (χ1n) is 5.29. The Labute approximate surface area is 122 Å². The minimum absolute atomic E-state index is 0.0836. The molecule has 0 radical (unpaired) electrons. The molecule has 0 atom stereocenters. The van der Waals surface area contributed by atoms with Crippen LogP contribution in [0.5, 0.6) is 0 Å². The zero-order valence-electron chi connectivity index (χ0n) is 9.58. The lowest BCUT2D eigenvalue weighted by Gasteiger charge is -2.12. The summed E-state index contributed by atoms with van der Waals surface area (Å²) in [4.78, 5) is 0.0836. The predicted molar refractivity (Wildman–Crippen MR) is 79.7 cm³/mol. The highest BCUT2D eigenvalue weighted by molar-refractivity contribution is 9.10. The number of rotatable bonds is 3. The second-order valence-corrected chi connectivity index (χ2v) is 5.10. The minimum atomic E-state index is -0.425. The van der Waals surface area contributed by atoms with Gasteiger partial charge in [-0.3, -0.25) is 0 Å². The molecule has 3 N–H and O–H groups in total. The highest BCUT2D eigenvalue weighted by atomic mass is 79.9. The van der Waals surface area contributed by atoms with Crippen LogP contribution in [0.25, 0.3) is 0 Å². The third-order valence-electron chi connectivity index (χ3n) is 2.45. The maximum Gasteiger partial charge on any atom is 0.124 e. The summed E-state index contributed by atoms with van der Waals surface area (Å²) in [6.45, 7) is 0. The first kappa shape index (κ1) is 13.9. The van der Waals surface area contributed by atoms with Crippen molar-refractivity contribution >= 4 is 44.5 Å². The number of benzene rings is 2. The topological polar surface area (TPSA) is 38.0 Å². The van der Waals surface area contributed by atoms with E-state index in [-0.39, 0.29) is 10.8 Å². The average Bonchev–Trinajstić information content (AvgIpc) is 2.34. The zero-order chi connectivity index (χ0) is 14.0. The van der Waals surface area contributed by atoms with E-state index in [2.05, 4.69) is 21.2 Å². The summed E-state index contributed by atoms with van der Waals surface area (Å²) in [5.41, 5.74) is 7.13. The van der Waals surface area contributed by atoms with E-state index < -0.39 is 5.82 Å². The largest absolute Gasteiger partial charge is 0.389 e. The summed E-state index contributed by atoms with van der Waals surface area (Å²) in [7, 11) is 0. The molecule has 0 saturated heterocycles. The molecule has 0 amide bonds. The molecule has 0 aliphatic heterocycles. The molecule has 0 heterocycles. The average molecular weight is 343 g/mol. The third-order valence-corrected chi connectivity index (χ3v) is 3.32. The van der Waals surface area contributed by atoms with E-state index in [1.807, 2.05) is 0 Å². The lowest BCUT2D eigenvalue weighted by atomic mass is 10.1. The molecule has 0 aliphatic rings. The van der Waals surface area contributed by atoms with Crippen LogP contribution >= 0.6 is 28.1 Å². The zero-order valence-corrected chi connectivity index (χ0v) is 12.0. The molecule has 2 aromatic carbocycles. The fourth-order valence-electron chi connectivity index (χ4n) is 1.57. The van der Waals surface area contributed by atoms with Gasteiger partial charge in [0.1, 0.15) is 16.6 Å². The Morgan fingerprint density at radius 3 is 2.21 bits per heavy atom. The molecule has 0 bridgehead atoms. The van der Waals surface area contributed by atoms with Crippen LogP contribution in [0, 0.1) is 11.6 Å². The molecule has 0 aliphatic carbocycles. The van der Waals surface area contributed by atoms with E-state index in [1.54, 1.807) is 6.07 Å². The highest BCUT2D eigenvalue weighted by Crippen LogP contribution is 2.28. The van der Waals surface area contributed by atoms with Crippen LogP contribution in [-0.2, 0) is 0 Å². The van der Waals surface area contributed by atoms with Crippen molar-refractivity contribution in [3.05, 3.63) is 58.1 Å². The van der Waals surface area contributed by atoms with E-state index in [0.717, 1.165) is 0 Å². The Morgan fingerprint density at radius 2 is 1.63 bits per heavy atom. The van der Waals surface area contributed by atoms with Gasteiger partial charge in [0.25, 0.3) is 0 Å². The van der Waals surface area contributed by atoms with Gasteiger partial charge in [-0.2, -0.15) is 0 Å². The van der Waals surface area contributed by atoms with Crippen LogP contribution < -0.4 is 11.1 Å². The van der Waals surface area contributed by atoms with Crippen molar-refractivity contribution in [3.63, 3.8) is 0 Å². The van der Waals surface area contributed by atoms with Crippen LogP contribution in [0.3, 0.4) is 0 Å². The smallest absolute Gasteiger partial charge is 0.124 e. The van der Waals surface area contributed by atoms with Gasteiger partial charge in [-0.25, -0.2) is 8.78 Å². The van der Waals surface area contributed by atoms with E-state index in [1.165, 1.54) is 30.3 Å². The molecule has 2 aromatic rings. The maximum atomic E-state index is 13.2. The molecule has 0 fully saturated rings. The molecule has 6 heteroatoms. The molecule has 0 saturated carbocycles. The summed E-state index contributed by atoms with van der Waals surface area (Å²) in [6, 6.07) is 8.28. The van der Waals surface area contributed by atoms with E-state index >= 15 is 0 Å². The van der Waals surface area contributed by atoms with Crippen molar-refractivity contribution in [2.75, 3.05) is 5.32 Å². The Bertz CT molecular complexity index is 647. The number of hydrogen-bond donors (Lipinski definition) is 2. The van der Waals surface area contributed by atoms with Gasteiger partial charge in [0.2, 0.25) is 0 Å². The lowest BCUT2D eigenvalue weighted by Crippen LogP contribution is -2.12. The van der Waals surface area contributed by atoms with Crippen LogP contribution in [0.15, 0.2) is 40.9 Å². The number of nitrogens with two attached hydrogens (primary N) is 1. The Kier molecular flexibility index (Phi) is 4.11. The van der Waals surface area contributed by atoms with Gasteiger partial charge < -0.3 is 11.1 Å². The Morgan fingerprint density at radius 1 is 1.05 bits per heavy atom. The second-order valence-electron chi connectivity index (χ2n) is 3.80. The number of nitrogens with one attached hydrogen (secondary N) is 1. The highest BCUT2D eigenvalue weighted by Gasteiger charge is 2.09. The van der Waals surface area contributed by atoms with Crippen molar-refractivity contribution in [3.8, 4) is 0 Å². The minimum Gasteiger partial charge on any atom is -0.389 e. The van der Waals surface area contributed by atoms with Crippen molar-refractivity contribution in [2.45, 2.75) is 0 Å². The van der Waals surface area contributed by atoms with Crippen LogP contribution in [0.1, 0.15) is 5.56 Å². The monoisotopic (exact) mass is 342 g/mol. The van der Waals surface area contributed by atoms with Crippen LogP contribution in [0.4, 0.5) is 20.2 Å². The summed E-state index contributed by atoms with van der Waals surface area (Å²) < 4.78 is 26.7. The van der Waals surface area contributed by atoms with Crippen molar-refractivity contribution in [1.82, 2.24) is 0 Å². The number of anilines is 2. The number of halogens is 3. The first-order chi connectivity index (χ1) is 8.97. The summed E-state index contributed by atoms with van der Waals surface area (Å²) in [6.07, 6.45) is 0. The van der Waals surface area contributed by atoms with E-state index in [4.69, 9.17) is 18.0 Å². The standard InChI is InChI=1S/C13H9BrF2N2S/c14-10-6-8(16)2-4-12(10)18-11-3-1-7(15)5-9(11)13(17)19/h1-6,18H,(H2,17,19). The maximum absolute atomic E-state index is 13.2.